The monoisotopic (exact) mass is 283 g/mol. The minimum atomic E-state index is -2.04. The van der Waals surface area contributed by atoms with Crippen LogP contribution in [-0.4, -0.2) is 5.16 Å². The second-order valence-electron chi connectivity index (χ2n) is 4.92. The summed E-state index contributed by atoms with van der Waals surface area (Å²) in [5, 5.41) is 11.6. The zero-order valence-corrected chi connectivity index (χ0v) is 12.2. The smallest absolute Gasteiger partial charge is 0.0938 e. The van der Waals surface area contributed by atoms with Gasteiger partial charge in [-0.1, -0.05) is 72.5 Å². The summed E-state index contributed by atoms with van der Waals surface area (Å²) in [4.78, 5) is 0. The average Bonchev–Trinajstić information content (AvgIpc) is 3.30. The first kappa shape index (κ1) is 12.6. The molecule has 1 nitrogen and oxygen atoms in total. The lowest BCUT2D eigenvalue weighted by atomic mass is 10.4. The molecule has 0 saturated heterocycles. The van der Waals surface area contributed by atoms with Gasteiger partial charge >= 0.3 is 0 Å². The van der Waals surface area contributed by atoms with Gasteiger partial charge in [-0.25, -0.2) is 0 Å². The highest BCUT2D eigenvalue weighted by Crippen LogP contribution is 2.68. The fourth-order valence-corrected chi connectivity index (χ4v) is 7.29. The molecule has 94 valence electrons. The Morgan fingerprint density at radius 1 is 0.895 bits per heavy atom. The van der Waals surface area contributed by atoms with Crippen molar-refractivity contribution in [3.05, 3.63) is 60.7 Å². The van der Waals surface area contributed by atoms with E-state index in [0.29, 0.717) is 0 Å². The van der Waals surface area contributed by atoms with Gasteiger partial charge in [0.15, 0.2) is 0 Å². The number of benzene rings is 2. The van der Waals surface area contributed by atoms with Gasteiger partial charge in [-0.15, -0.1) is 0 Å². The summed E-state index contributed by atoms with van der Waals surface area (Å²) in [6, 6.07) is 20.9. The van der Waals surface area contributed by atoms with Crippen LogP contribution in [0.15, 0.2) is 60.7 Å². The van der Waals surface area contributed by atoms with Gasteiger partial charge in [-0.05, 0) is 23.5 Å². The van der Waals surface area contributed by atoms with Crippen molar-refractivity contribution in [2.45, 2.75) is 18.0 Å². The van der Waals surface area contributed by atoms with Crippen LogP contribution < -0.4 is 10.6 Å². The van der Waals surface area contributed by atoms with Crippen LogP contribution in [0.4, 0.5) is 0 Å². The van der Waals surface area contributed by atoms with E-state index < -0.39 is 6.04 Å². The van der Waals surface area contributed by atoms with Gasteiger partial charge in [0.2, 0.25) is 0 Å². The minimum absolute atomic E-state index is 0.314. The Morgan fingerprint density at radius 3 is 1.63 bits per heavy atom. The van der Waals surface area contributed by atoms with E-state index in [9.17, 15) is 5.26 Å². The maximum absolute atomic E-state index is 9.63. The highest BCUT2D eigenvalue weighted by molar-refractivity contribution is 8.22. The molecular weight excluding hydrogens is 269 g/mol. The van der Waals surface area contributed by atoms with Crippen molar-refractivity contribution < 1.29 is 0 Å². The lowest BCUT2D eigenvalue weighted by molar-refractivity contribution is 1.18. The Bertz CT molecular complexity index is 625. The Kier molecular flexibility index (Phi) is 3.05. The normalized spacial score (nSPS) is 16.6. The number of hydrogen-bond acceptors (Lipinski definition) is 2. The van der Waals surface area contributed by atoms with Crippen LogP contribution in [0.1, 0.15) is 12.8 Å². The lowest BCUT2D eigenvalue weighted by Crippen LogP contribution is -2.25. The summed E-state index contributed by atoms with van der Waals surface area (Å²) in [7, 11) is 0. The molecule has 0 atom stereocenters. The maximum atomic E-state index is 9.63. The van der Waals surface area contributed by atoms with Gasteiger partial charge in [0, 0.05) is 6.04 Å². The SMILES string of the molecule is N#CC1(P(=S)(c2ccccc2)c2ccccc2)CC1. The summed E-state index contributed by atoms with van der Waals surface area (Å²) in [6.07, 6.45) is 1.87. The molecule has 0 aliphatic heterocycles. The van der Waals surface area contributed by atoms with Crippen LogP contribution in [0.2, 0.25) is 0 Å². The van der Waals surface area contributed by atoms with Gasteiger partial charge in [0.05, 0.1) is 11.2 Å². The molecule has 1 saturated carbocycles. The van der Waals surface area contributed by atoms with Crippen molar-refractivity contribution >= 4 is 28.5 Å². The van der Waals surface area contributed by atoms with E-state index >= 15 is 0 Å². The van der Waals surface area contributed by atoms with Gasteiger partial charge in [-0.2, -0.15) is 5.26 Å². The van der Waals surface area contributed by atoms with Gasteiger partial charge in [0.1, 0.15) is 0 Å². The first-order valence-electron chi connectivity index (χ1n) is 6.36. The third kappa shape index (κ3) is 1.86. The second-order valence-corrected chi connectivity index (χ2v) is 9.67. The molecule has 0 heterocycles. The quantitative estimate of drug-likeness (QED) is 0.808. The summed E-state index contributed by atoms with van der Waals surface area (Å²) in [5.41, 5.74) is 0. The van der Waals surface area contributed by atoms with E-state index in [2.05, 4.69) is 30.3 Å². The number of nitriles is 1. The van der Waals surface area contributed by atoms with Crippen molar-refractivity contribution in [3.63, 3.8) is 0 Å². The van der Waals surface area contributed by atoms with Gasteiger partial charge in [-0.3, -0.25) is 0 Å². The Labute approximate surface area is 118 Å². The molecule has 2 aromatic carbocycles. The molecule has 19 heavy (non-hydrogen) atoms. The fourth-order valence-electron chi connectivity index (χ4n) is 2.53. The van der Waals surface area contributed by atoms with E-state index in [1.54, 1.807) is 0 Å². The predicted octanol–water partition coefficient (Wildman–Crippen LogP) is 3.17. The number of rotatable bonds is 3. The predicted molar refractivity (Wildman–Crippen MR) is 84.0 cm³/mol. The largest absolute Gasteiger partial charge is 0.197 e. The molecule has 1 fully saturated rings. The first-order valence-corrected chi connectivity index (χ1v) is 9.16. The lowest BCUT2D eigenvalue weighted by Gasteiger charge is -2.27. The third-order valence-electron chi connectivity index (χ3n) is 3.77. The fraction of sp³-hybridized carbons (Fsp3) is 0.188. The Balaban J connectivity index is 2.24. The minimum Gasteiger partial charge on any atom is -0.197 e. The van der Waals surface area contributed by atoms with E-state index in [4.69, 9.17) is 11.8 Å². The second kappa shape index (κ2) is 4.60. The van der Waals surface area contributed by atoms with Crippen molar-refractivity contribution in [3.8, 4) is 6.07 Å². The molecular formula is C16H14NPS. The van der Waals surface area contributed by atoms with Crippen molar-refractivity contribution in [2.24, 2.45) is 0 Å². The Morgan fingerprint density at radius 2 is 1.32 bits per heavy atom. The van der Waals surface area contributed by atoms with E-state index in [1.165, 1.54) is 0 Å². The van der Waals surface area contributed by atoms with Crippen LogP contribution in [0.25, 0.3) is 0 Å². The van der Waals surface area contributed by atoms with E-state index in [0.717, 1.165) is 23.5 Å². The first-order chi connectivity index (χ1) is 9.23. The molecule has 1 aliphatic rings. The van der Waals surface area contributed by atoms with E-state index in [1.807, 2.05) is 36.4 Å². The van der Waals surface area contributed by atoms with Gasteiger partial charge < -0.3 is 0 Å². The number of nitrogens with zero attached hydrogens (tertiary/aromatic N) is 1. The topological polar surface area (TPSA) is 23.8 Å². The van der Waals surface area contributed by atoms with Crippen molar-refractivity contribution in [1.29, 1.82) is 5.26 Å². The highest BCUT2D eigenvalue weighted by atomic mass is 32.4. The molecule has 0 aromatic heterocycles. The zero-order chi connectivity index (χ0) is 13.3. The molecule has 2 aromatic rings. The summed E-state index contributed by atoms with van der Waals surface area (Å²) >= 11 is 6.12. The third-order valence-corrected chi connectivity index (χ3v) is 9.89. The molecule has 3 rings (SSSR count). The molecule has 0 unspecified atom stereocenters. The van der Waals surface area contributed by atoms with Crippen molar-refractivity contribution in [1.82, 2.24) is 0 Å². The van der Waals surface area contributed by atoms with Gasteiger partial charge in [0.25, 0.3) is 0 Å². The molecule has 0 spiro atoms. The summed E-state index contributed by atoms with van der Waals surface area (Å²) in [6.45, 7) is 0. The van der Waals surface area contributed by atoms with Crippen LogP contribution >= 0.6 is 6.04 Å². The van der Waals surface area contributed by atoms with Crippen LogP contribution in [0.3, 0.4) is 0 Å². The molecule has 3 heteroatoms. The Hall–Kier alpha value is -1.42. The molecule has 1 aliphatic carbocycles. The highest BCUT2D eigenvalue weighted by Gasteiger charge is 2.55. The van der Waals surface area contributed by atoms with Crippen LogP contribution in [0.5, 0.6) is 0 Å². The maximum Gasteiger partial charge on any atom is 0.0938 e. The van der Waals surface area contributed by atoms with Crippen LogP contribution in [-0.2, 0) is 11.8 Å². The molecule has 0 radical (unpaired) electrons. The molecule has 0 amide bonds. The average molecular weight is 283 g/mol. The van der Waals surface area contributed by atoms with Crippen molar-refractivity contribution in [2.75, 3.05) is 0 Å². The molecule has 0 bridgehead atoms. The van der Waals surface area contributed by atoms with E-state index in [-0.39, 0.29) is 5.16 Å². The molecule has 0 N–H and O–H groups in total. The summed E-state index contributed by atoms with van der Waals surface area (Å²) < 4.78 is 0. The summed E-state index contributed by atoms with van der Waals surface area (Å²) in [5.74, 6) is 0. The zero-order valence-electron chi connectivity index (χ0n) is 10.5. The van der Waals surface area contributed by atoms with Crippen LogP contribution in [0, 0.1) is 11.3 Å². The standard InChI is InChI=1S/C16H14NPS/c17-13-16(11-12-16)18(19,14-7-3-1-4-8-14)15-9-5-2-6-10-15/h1-10H,11-12H2. The number of hydrogen-bond donors (Lipinski definition) is 0.